The molecule has 8 heteroatoms. The summed E-state index contributed by atoms with van der Waals surface area (Å²) in [5.74, 6) is -0.703. The molecule has 26 heavy (non-hydrogen) atoms. The number of nitrogens with one attached hydrogen (secondary N) is 3. The van der Waals surface area contributed by atoms with E-state index in [9.17, 15) is 19.2 Å². The summed E-state index contributed by atoms with van der Waals surface area (Å²) < 4.78 is 0. The molecule has 2 aliphatic rings. The minimum absolute atomic E-state index is 0.0219. The first-order valence-corrected chi connectivity index (χ1v) is 8.62. The zero-order valence-corrected chi connectivity index (χ0v) is 14.7. The smallest absolute Gasteiger partial charge is 0.344 e. The summed E-state index contributed by atoms with van der Waals surface area (Å²) in [4.78, 5) is 48.5. The number of hydrogen-bond donors (Lipinski definition) is 3. The fourth-order valence-corrected chi connectivity index (χ4v) is 3.01. The topological polar surface area (TPSA) is 108 Å². The van der Waals surface area contributed by atoms with Crippen LogP contribution in [0.3, 0.4) is 0 Å². The third kappa shape index (κ3) is 3.40. The van der Waals surface area contributed by atoms with Crippen LogP contribution in [0, 0.1) is 11.8 Å². The Morgan fingerprint density at radius 2 is 1.92 bits per heavy atom. The fourth-order valence-electron chi connectivity index (χ4n) is 3.01. The summed E-state index contributed by atoms with van der Waals surface area (Å²) >= 11 is 0. The van der Waals surface area contributed by atoms with Gasteiger partial charge in [-0.3, -0.25) is 19.8 Å². The van der Waals surface area contributed by atoms with Crippen LogP contribution in [0.2, 0.25) is 0 Å². The SMILES string of the molecule is CC1CC1C(=O)NCCC(=O)NN1C(=O)NC(C)(c2ccccc2)C1=O. The maximum atomic E-state index is 12.6. The largest absolute Gasteiger partial charge is 0.355 e. The molecule has 2 fully saturated rings. The number of hydrogen-bond acceptors (Lipinski definition) is 4. The molecule has 8 nitrogen and oxygen atoms in total. The first kappa shape index (κ1) is 17.9. The standard InChI is InChI=1S/C18H22N4O4/c1-11-10-13(11)15(24)19-9-8-14(23)21-22-16(25)18(2,20-17(22)26)12-6-4-3-5-7-12/h3-7,11,13H,8-10H2,1-2H3,(H,19,24)(H,20,26)(H,21,23). The van der Waals surface area contributed by atoms with Crippen molar-refractivity contribution in [2.75, 3.05) is 6.54 Å². The third-order valence-electron chi connectivity index (χ3n) is 4.88. The van der Waals surface area contributed by atoms with Crippen molar-refractivity contribution in [3.63, 3.8) is 0 Å². The molecule has 0 radical (unpaired) electrons. The summed E-state index contributed by atoms with van der Waals surface area (Å²) in [6.07, 6.45) is 0.852. The molecule has 0 aromatic heterocycles. The number of urea groups is 1. The number of imide groups is 1. The highest BCUT2D eigenvalue weighted by Gasteiger charge is 2.49. The molecular weight excluding hydrogens is 336 g/mol. The summed E-state index contributed by atoms with van der Waals surface area (Å²) in [6, 6.07) is 8.13. The molecule has 1 aromatic rings. The molecule has 5 amide bonds. The van der Waals surface area contributed by atoms with Crippen LogP contribution in [0.15, 0.2) is 30.3 Å². The van der Waals surface area contributed by atoms with Crippen molar-refractivity contribution in [2.24, 2.45) is 11.8 Å². The van der Waals surface area contributed by atoms with Gasteiger partial charge in [-0.1, -0.05) is 37.3 Å². The highest BCUT2D eigenvalue weighted by atomic mass is 16.2. The summed E-state index contributed by atoms with van der Waals surface area (Å²) in [5.41, 5.74) is 1.70. The van der Waals surface area contributed by atoms with Crippen molar-refractivity contribution in [3.8, 4) is 0 Å². The van der Waals surface area contributed by atoms with Crippen LogP contribution >= 0.6 is 0 Å². The van der Waals surface area contributed by atoms with Gasteiger partial charge in [-0.25, -0.2) is 4.79 Å². The number of benzene rings is 1. The van der Waals surface area contributed by atoms with Gasteiger partial charge in [0.1, 0.15) is 5.54 Å². The zero-order valence-electron chi connectivity index (χ0n) is 14.7. The number of hydrazine groups is 1. The van der Waals surface area contributed by atoms with Gasteiger partial charge in [0, 0.05) is 18.9 Å². The fraction of sp³-hybridized carbons (Fsp3) is 0.444. The molecule has 1 aromatic carbocycles. The van der Waals surface area contributed by atoms with Crippen molar-refractivity contribution in [1.29, 1.82) is 0 Å². The Morgan fingerprint density at radius 1 is 1.27 bits per heavy atom. The van der Waals surface area contributed by atoms with Gasteiger partial charge in [-0.2, -0.15) is 5.01 Å². The molecular formula is C18H22N4O4. The Kier molecular flexibility index (Phi) is 4.67. The van der Waals surface area contributed by atoms with Gasteiger partial charge >= 0.3 is 6.03 Å². The van der Waals surface area contributed by atoms with Gasteiger partial charge in [0.25, 0.3) is 5.91 Å². The van der Waals surface area contributed by atoms with Crippen molar-refractivity contribution in [2.45, 2.75) is 32.2 Å². The van der Waals surface area contributed by atoms with E-state index < -0.39 is 23.4 Å². The molecule has 1 aliphatic heterocycles. The Hall–Kier alpha value is -2.90. The van der Waals surface area contributed by atoms with Gasteiger partial charge in [0.05, 0.1) is 0 Å². The number of rotatable bonds is 6. The van der Waals surface area contributed by atoms with Crippen LogP contribution in [0.5, 0.6) is 0 Å². The Morgan fingerprint density at radius 3 is 2.54 bits per heavy atom. The van der Waals surface area contributed by atoms with Crippen LogP contribution in [0.1, 0.15) is 32.3 Å². The average Bonchev–Trinajstić information content (AvgIpc) is 3.31. The predicted molar refractivity (Wildman–Crippen MR) is 92.2 cm³/mol. The maximum Gasteiger partial charge on any atom is 0.344 e. The van der Waals surface area contributed by atoms with Crippen molar-refractivity contribution < 1.29 is 19.2 Å². The van der Waals surface area contributed by atoms with Gasteiger partial charge in [-0.05, 0) is 24.8 Å². The molecule has 138 valence electrons. The normalized spacial score (nSPS) is 27.1. The van der Waals surface area contributed by atoms with E-state index in [0.29, 0.717) is 16.5 Å². The van der Waals surface area contributed by atoms with Crippen LogP contribution < -0.4 is 16.1 Å². The number of nitrogens with zero attached hydrogens (tertiary/aromatic N) is 1. The van der Waals surface area contributed by atoms with E-state index in [1.54, 1.807) is 31.2 Å². The maximum absolute atomic E-state index is 12.6. The lowest BCUT2D eigenvalue weighted by Gasteiger charge is -2.22. The second-order valence-electron chi connectivity index (χ2n) is 6.96. The Labute approximate surface area is 151 Å². The summed E-state index contributed by atoms with van der Waals surface area (Å²) in [6.45, 7) is 3.75. The lowest BCUT2D eigenvalue weighted by atomic mass is 9.92. The molecule has 3 unspecified atom stereocenters. The molecule has 0 spiro atoms. The van der Waals surface area contributed by atoms with E-state index in [-0.39, 0.29) is 24.8 Å². The molecule has 3 N–H and O–H groups in total. The Bertz CT molecular complexity index is 751. The lowest BCUT2D eigenvalue weighted by molar-refractivity contribution is -0.139. The average molecular weight is 358 g/mol. The molecule has 1 heterocycles. The van der Waals surface area contributed by atoms with Crippen molar-refractivity contribution in [1.82, 2.24) is 21.1 Å². The molecule has 3 rings (SSSR count). The molecule has 0 bridgehead atoms. The van der Waals surface area contributed by atoms with Crippen molar-refractivity contribution >= 4 is 23.8 Å². The minimum Gasteiger partial charge on any atom is -0.355 e. The van der Waals surface area contributed by atoms with Crippen LogP contribution in [0.4, 0.5) is 4.79 Å². The highest BCUT2D eigenvalue weighted by molar-refractivity contribution is 6.08. The first-order chi connectivity index (χ1) is 12.3. The summed E-state index contributed by atoms with van der Waals surface area (Å²) in [7, 11) is 0. The lowest BCUT2D eigenvalue weighted by Crippen LogP contribution is -2.48. The van der Waals surface area contributed by atoms with E-state index in [0.717, 1.165) is 6.42 Å². The van der Waals surface area contributed by atoms with E-state index in [4.69, 9.17) is 0 Å². The highest BCUT2D eigenvalue weighted by Crippen LogP contribution is 2.37. The molecule has 1 saturated heterocycles. The van der Waals surface area contributed by atoms with E-state index in [1.165, 1.54) is 0 Å². The third-order valence-corrected chi connectivity index (χ3v) is 4.88. The first-order valence-electron chi connectivity index (χ1n) is 8.62. The van der Waals surface area contributed by atoms with Gasteiger partial charge in [0.2, 0.25) is 11.8 Å². The second-order valence-corrected chi connectivity index (χ2v) is 6.96. The Balaban J connectivity index is 1.54. The minimum atomic E-state index is -1.23. The van der Waals surface area contributed by atoms with Gasteiger partial charge in [0.15, 0.2) is 0 Å². The summed E-state index contributed by atoms with van der Waals surface area (Å²) in [5, 5.41) is 5.99. The monoisotopic (exact) mass is 358 g/mol. The van der Waals surface area contributed by atoms with E-state index in [2.05, 4.69) is 16.1 Å². The van der Waals surface area contributed by atoms with Gasteiger partial charge in [-0.15, -0.1) is 0 Å². The van der Waals surface area contributed by atoms with E-state index in [1.807, 2.05) is 13.0 Å². The number of carbonyl (C=O) groups excluding carboxylic acids is 4. The van der Waals surface area contributed by atoms with Crippen molar-refractivity contribution in [3.05, 3.63) is 35.9 Å². The van der Waals surface area contributed by atoms with Crippen LogP contribution in [-0.2, 0) is 19.9 Å². The zero-order chi connectivity index (χ0) is 18.9. The predicted octanol–water partition coefficient (Wildman–Crippen LogP) is 0.647. The quantitative estimate of drug-likeness (QED) is 0.649. The molecule has 1 saturated carbocycles. The van der Waals surface area contributed by atoms with Crippen LogP contribution in [0.25, 0.3) is 0 Å². The van der Waals surface area contributed by atoms with Gasteiger partial charge < -0.3 is 10.6 Å². The number of amides is 5. The van der Waals surface area contributed by atoms with E-state index >= 15 is 0 Å². The molecule has 1 aliphatic carbocycles. The number of carbonyl (C=O) groups is 4. The van der Waals surface area contributed by atoms with Crippen LogP contribution in [-0.4, -0.2) is 35.3 Å². The molecule has 3 atom stereocenters. The second kappa shape index (κ2) is 6.78.